The molecule has 2 heterocycles. The van der Waals surface area contributed by atoms with Gasteiger partial charge < -0.3 is 10.0 Å². The summed E-state index contributed by atoms with van der Waals surface area (Å²) in [5.41, 5.74) is 0.813. The molecule has 1 aromatic carbocycles. The molecule has 1 atom stereocenters. The maximum atomic E-state index is 12.9. The van der Waals surface area contributed by atoms with Crippen molar-refractivity contribution >= 4 is 45.1 Å². The van der Waals surface area contributed by atoms with Crippen molar-refractivity contribution in [3.05, 3.63) is 34.2 Å². The van der Waals surface area contributed by atoms with Gasteiger partial charge in [-0.2, -0.15) is 0 Å². The predicted molar refractivity (Wildman–Crippen MR) is 117 cm³/mol. The van der Waals surface area contributed by atoms with Crippen LogP contribution in [0.25, 0.3) is 10.1 Å². The lowest BCUT2D eigenvalue weighted by molar-refractivity contribution is -0.143. The summed E-state index contributed by atoms with van der Waals surface area (Å²) in [5.74, 6) is -3.11. The lowest BCUT2D eigenvalue weighted by Crippen LogP contribution is -2.42. The maximum absolute atomic E-state index is 12.9. The average molecular weight is 443 g/mol. The number of urea groups is 1. The molecule has 0 bridgehead atoms. The highest BCUT2D eigenvalue weighted by Crippen LogP contribution is 2.37. The number of rotatable bonds is 6. The molecule has 0 spiro atoms. The number of imide groups is 1. The van der Waals surface area contributed by atoms with E-state index in [2.05, 4.69) is 0 Å². The standard InChI is InChI=1S/C23H26N2O5S/c1-23(2)21(29)25(22(30)24(23)3)12-14(20(27)28)10-17(26)13-8-9-16-15-6-4-5-7-18(15)31-19(16)11-13/h8-9,11,14H,4-7,10,12H2,1-3H3,(H,27,28). The Morgan fingerprint density at radius 2 is 1.90 bits per heavy atom. The Morgan fingerprint density at radius 1 is 1.19 bits per heavy atom. The number of benzene rings is 1. The van der Waals surface area contributed by atoms with E-state index in [1.807, 2.05) is 12.1 Å². The second kappa shape index (κ2) is 7.75. The molecule has 1 aliphatic carbocycles. The van der Waals surface area contributed by atoms with E-state index in [1.54, 1.807) is 31.3 Å². The van der Waals surface area contributed by atoms with Gasteiger partial charge >= 0.3 is 12.0 Å². The van der Waals surface area contributed by atoms with Crippen LogP contribution in [-0.2, 0) is 22.4 Å². The minimum Gasteiger partial charge on any atom is -0.481 e. The summed E-state index contributed by atoms with van der Waals surface area (Å²) in [6.07, 6.45) is 4.23. The predicted octanol–water partition coefficient (Wildman–Crippen LogP) is 3.73. The summed E-state index contributed by atoms with van der Waals surface area (Å²) < 4.78 is 1.05. The first kappa shape index (κ1) is 21.5. The van der Waals surface area contributed by atoms with Crippen LogP contribution in [0.3, 0.4) is 0 Å². The highest BCUT2D eigenvalue weighted by atomic mass is 32.1. The lowest BCUT2D eigenvalue weighted by atomic mass is 9.94. The monoisotopic (exact) mass is 442 g/mol. The SMILES string of the molecule is CN1C(=O)N(CC(CC(=O)c2ccc3c4c(sc3c2)CCCC4)C(=O)O)C(=O)C1(C)C. The summed E-state index contributed by atoms with van der Waals surface area (Å²) in [6.45, 7) is 2.91. The molecule has 1 aliphatic heterocycles. The fourth-order valence-electron chi connectivity index (χ4n) is 4.37. The van der Waals surface area contributed by atoms with Crippen molar-refractivity contribution in [3.63, 3.8) is 0 Å². The van der Waals surface area contributed by atoms with Gasteiger partial charge in [0, 0.05) is 35.2 Å². The Balaban J connectivity index is 1.53. The molecule has 1 saturated heterocycles. The van der Waals surface area contributed by atoms with Crippen molar-refractivity contribution in [3.8, 4) is 0 Å². The first-order valence-corrected chi connectivity index (χ1v) is 11.3. The Hall–Kier alpha value is -2.74. The molecule has 4 rings (SSSR count). The van der Waals surface area contributed by atoms with E-state index in [0.29, 0.717) is 5.56 Å². The van der Waals surface area contributed by atoms with E-state index < -0.39 is 29.4 Å². The number of thiophene rings is 1. The normalized spacial score (nSPS) is 19.1. The number of carboxylic acid groups (broad SMARTS) is 1. The van der Waals surface area contributed by atoms with Gasteiger partial charge in [-0.3, -0.25) is 19.3 Å². The first-order valence-electron chi connectivity index (χ1n) is 10.5. The Bertz CT molecular complexity index is 1100. The number of likely N-dealkylation sites (N-methyl/N-ethyl adjacent to an activating group) is 1. The van der Waals surface area contributed by atoms with E-state index in [0.717, 1.165) is 22.4 Å². The summed E-state index contributed by atoms with van der Waals surface area (Å²) in [7, 11) is 1.51. The third kappa shape index (κ3) is 3.63. The quantitative estimate of drug-likeness (QED) is 0.543. The number of aliphatic carboxylic acids is 1. The van der Waals surface area contributed by atoms with Crippen LogP contribution in [0.2, 0.25) is 0 Å². The van der Waals surface area contributed by atoms with Gasteiger partial charge in [0.1, 0.15) is 5.54 Å². The molecule has 1 aromatic heterocycles. The molecule has 1 fully saturated rings. The van der Waals surface area contributed by atoms with E-state index >= 15 is 0 Å². The molecule has 0 radical (unpaired) electrons. The molecule has 1 unspecified atom stereocenters. The van der Waals surface area contributed by atoms with Gasteiger partial charge in [-0.1, -0.05) is 12.1 Å². The maximum Gasteiger partial charge on any atom is 0.327 e. The Labute approximate surface area is 184 Å². The van der Waals surface area contributed by atoms with Gasteiger partial charge in [0.15, 0.2) is 5.78 Å². The second-order valence-corrected chi connectivity index (χ2v) is 10.0. The van der Waals surface area contributed by atoms with Crippen LogP contribution in [0, 0.1) is 5.92 Å². The Morgan fingerprint density at radius 3 is 2.55 bits per heavy atom. The van der Waals surface area contributed by atoms with E-state index in [9.17, 15) is 24.3 Å². The zero-order valence-electron chi connectivity index (χ0n) is 17.9. The largest absolute Gasteiger partial charge is 0.481 e. The second-order valence-electron chi connectivity index (χ2n) is 8.90. The summed E-state index contributed by atoms with van der Waals surface area (Å²) in [5, 5.41) is 10.9. The van der Waals surface area contributed by atoms with E-state index in [1.165, 1.54) is 40.6 Å². The minimum absolute atomic E-state index is 0.271. The van der Waals surface area contributed by atoms with Crippen LogP contribution in [0.15, 0.2) is 18.2 Å². The van der Waals surface area contributed by atoms with Crippen LogP contribution in [-0.4, -0.2) is 57.7 Å². The molecule has 3 amide bonds. The molecule has 1 N–H and O–H groups in total. The van der Waals surface area contributed by atoms with Crippen molar-refractivity contribution in [2.45, 2.75) is 51.5 Å². The van der Waals surface area contributed by atoms with E-state index in [-0.39, 0.29) is 18.7 Å². The minimum atomic E-state index is -1.20. The summed E-state index contributed by atoms with van der Waals surface area (Å²) in [4.78, 5) is 53.4. The number of aryl methyl sites for hydroxylation is 2. The van der Waals surface area contributed by atoms with Crippen molar-refractivity contribution in [1.29, 1.82) is 0 Å². The number of nitrogens with zero attached hydrogens (tertiary/aromatic N) is 2. The van der Waals surface area contributed by atoms with Gasteiger partial charge in [-0.15, -0.1) is 11.3 Å². The number of carbonyl (C=O) groups excluding carboxylic acids is 3. The molecule has 0 saturated carbocycles. The average Bonchev–Trinajstić information content (AvgIpc) is 3.17. The van der Waals surface area contributed by atoms with Crippen molar-refractivity contribution in [2.75, 3.05) is 13.6 Å². The van der Waals surface area contributed by atoms with Gasteiger partial charge in [-0.25, -0.2) is 4.79 Å². The molecule has 164 valence electrons. The topological polar surface area (TPSA) is 95.0 Å². The first-order chi connectivity index (χ1) is 14.6. The number of fused-ring (bicyclic) bond motifs is 3. The molecular weight excluding hydrogens is 416 g/mol. The van der Waals surface area contributed by atoms with Crippen molar-refractivity contribution < 1.29 is 24.3 Å². The number of ketones is 1. The van der Waals surface area contributed by atoms with Crippen LogP contribution in [0.4, 0.5) is 4.79 Å². The molecule has 2 aromatic rings. The van der Waals surface area contributed by atoms with Crippen LogP contribution < -0.4 is 0 Å². The smallest absolute Gasteiger partial charge is 0.327 e. The molecule has 2 aliphatic rings. The number of hydrogen-bond acceptors (Lipinski definition) is 5. The highest BCUT2D eigenvalue weighted by molar-refractivity contribution is 7.19. The van der Waals surface area contributed by atoms with Crippen LogP contribution >= 0.6 is 11.3 Å². The van der Waals surface area contributed by atoms with Crippen molar-refractivity contribution in [2.24, 2.45) is 5.92 Å². The number of Topliss-reactive ketones (excluding diaryl/α,β-unsaturated/α-hetero) is 1. The zero-order chi connectivity index (χ0) is 22.5. The van der Waals surface area contributed by atoms with Gasteiger partial charge in [0.05, 0.1) is 5.92 Å². The van der Waals surface area contributed by atoms with Gasteiger partial charge in [0.25, 0.3) is 5.91 Å². The number of carbonyl (C=O) groups is 4. The number of hydrogen-bond donors (Lipinski definition) is 1. The third-order valence-corrected chi connectivity index (χ3v) is 7.84. The highest BCUT2D eigenvalue weighted by Gasteiger charge is 2.50. The van der Waals surface area contributed by atoms with Crippen LogP contribution in [0.1, 0.15) is 53.9 Å². The fourth-order valence-corrected chi connectivity index (χ4v) is 5.71. The molecule has 31 heavy (non-hydrogen) atoms. The van der Waals surface area contributed by atoms with Crippen LogP contribution in [0.5, 0.6) is 0 Å². The molecule has 7 nitrogen and oxygen atoms in total. The van der Waals surface area contributed by atoms with E-state index in [4.69, 9.17) is 0 Å². The van der Waals surface area contributed by atoms with Gasteiger partial charge in [0.2, 0.25) is 0 Å². The zero-order valence-corrected chi connectivity index (χ0v) is 18.8. The van der Waals surface area contributed by atoms with Gasteiger partial charge in [-0.05, 0) is 56.5 Å². The molecular formula is C23H26N2O5S. The Kier molecular flexibility index (Phi) is 5.37. The van der Waals surface area contributed by atoms with Crippen molar-refractivity contribution in [1.82, 2.24) is 9.80 Å². The number of carboxylic acids is 1. The summed E-state index contributed by atoms with van der Waals surface area (Å²) >= 11 is 1.71. The molecule has 8 heteroatoms. The summed E-state index contributed by atoms with van der Waals surface area (Å²) in [6, 6.07) is 5.03. The fraction of sp³-hybridized carbons (Fsp3) is 0.478. The number of amides is 3. The third-order valence-electron chi connectivity index (χ3n) is 6.59. The lowest BCUT2D eigenvalue weighted by Gasteiger charge is -2.22.